The maximum Gasteiger partial charge on any atom is 0.0726 e. The van der Waals surface area contributed by atoms with Crippen molar-refractivity contribution < 1.29 is 9.84 Å². The van der Waals surface area contributed by atoms with Gasteiger partial charge in [-0.2, -0.15) is 0 Å². The summed E-state index contributed by atoms with van der Waals surface area (Å²) in [5.74, 6) is 0.732. The standard InChI is InChI=1S/C18H27NO2/c1-21-17(15-7-5-6-8-15)11-19-12-18(13-19,14-20)16-9-3-2-4-10-16/h2-4,9-10,15,17,20H,5-8,11-14H2,1H3. The molecule has 1 aromatic carbocycles. The number of hydrogen-bond donors (Lipinski definition) is 1. The van der Waals surface area contributed by atoms with Crippen molar-refractivity contribution in [2.24, 2.45) is 5.92 Å². The highest BCUT2D eigenvalue weighted by molar-refractivity contribution is 5.30. The Morgan fingerprint density at radius 3 is 2.48 bits per heavy atom. The first-order chi connectivity index (χ1) is 10.3. The van der Waals surface area contributed by atoms with Crippen molar-refractivity contribution in [3.05, 3.63) is 35.9 Å². The fraction of sp³-hybridized carbons (Fsp3) is 0.667. The zero-order chi connectivity index (χ0) is 14.7. The lowest BCUT2D eigenvalue weighted by Gasteiger charge is -2.51. The Balaban J connectivity index is 1.58. The summed E-state index contributed by atoms with van der Waals surface area (Å²) in [6.45, 7) is 3.13. The van der Waals surface area contributed by atoms with Gasteiger partial charge in [-0.05, 0) is 24.3 Å². The average molecular weight is 289 g/mol. The van der Waals surface area contributed by atoms with Gasteiger partial charge in [-0.1, -0.05) is 43.2 Å². The number of ether oxygens (including phenoxy) is 1. The van der Waals surface area contributed by atoms with Crippen LogP contribution in [0.25, 0.3) is 0 Å². The van der Waals surface area contributed by atoms with Gasteiger partial charge < -0.3 is 9.84 Å². The summed E-state index contributed by atoms with van der Waals surface area (Å²) in [7, 11) is 1.85. The maximum atomic E-state index is 9.85. The molecule has 116 valence electrons. The van der Waals surface area contributed by atoms with E-state index >= 15 is 0 Å². The summed E-state index contributed by atoms with van der Waals surface area (Å²) in [4.78, 5) is 2.44. The Kier molecular flexibility index (Phi) is 4.63. The first-order valence-electron chi connectivity index (χ1n) is 8.19. The van der Waals surface area contributed by atoms with E-state index < -0.39 is 0 Å². The van der Waals surface area contributed by atoms with Gasteiger partial charge >= 0.3 is 0 Å². The van der Waals surface area contributed by atoms with Crippen LogP contribution in [0.3, 0.4) is 0 Å². The second-order valence-corrected chi connectivity index (χ2v) is 6.79. The van der Waals surface area contributed by atoms with Gasteiger partial charge in [-0.3, -0.25) is 4.90 Å². The highest BCUT2D eigenvalue weighted by Crippen LogP contribution is 2.36. The van der Waals surface area contributed by atoms with E-state index in [1.807, 2.05) is 13.2 Å². The Morgan fingerprint density at radius 2 is 1.90 bits per heavy atom. The minimum atomic E-state index is -0.0603. The van der Waals surface area contributed by atoms with Crippen molar-refractivity contribution in [1.29, 1.82) is 0 Å². The molecular formula is C18H27NO2. The fourth-order valence-corrected chi connectivity index (χ4v) is 4.10. The predicted octanol–water partition coefficient (Wildman–Crippen LogP) is 2.44. The van der Waals surface area contributed by atoms with Crippen LogP contribution in [0.1, 0.15) is 31.2 Å². The van der Waals surface area contributed by atoms with Gasteiger partial charge in [0.1, 0.15) is 0 Å². The van der Waals surface area contributed by atoms with Crippen LogP contribution >= 0.6 is 0 Å². The van der Waals surface area contributed by atoms with E-state index in [1.165, 1.54) is 31.2 Å². The van der Waals surface area contributed by atoms with Crippen molar-refractivity contribution >= 4 is 0 Å². The summed E-state index contributed by atoms with van der Waals surface area (Å²) in [5, 5.41) is 9.85. The molecule has 0 amide bonds. The summed E-state index contributed by atoms with van der Waals surface area (Å²) >= 11 is 0. The zero-order valence-corrected chi connectivity index (χ0v) is 13.0. The molecule has 0 radical (unpaired) electrons. The highest BCUT2D eigenvalue weighted by Gasteiger charge is 2.44. The van der Waals surface area contributed by atoms with Gasteiger partial charge in [0.2, 0.25) is 0 Å². The lowest BCUT2D eigenvalue weighted by atomic mass is 9.74. The van der Waals surface area contributed by atoms with E-state index in [0.717, 1.165) is 25.6 Å². The van der Waals surface area contributed by atoms with E-state index in [1.54, 1.807) is 0 Å². The third kappa shape index (κ3) is 3.01. The molecule has 0 bridgehead atoms. The number of aliphatic hydroxyl groups is 1. The van der Waals surface area contributed by atoms with E-state index in [4.69, 9.17) is 4.74 Å². The van der Waals surface area contributed by atoms with Crippen LogP contribution in [-0.4, -0.2) is 49.5 Å². The molecule has 1 aromatic rings. The number of methoxy groups -OCH3 is 1. The smallest absolute Gasteiger partial charge is 0.0726 e. The van der Waals surface area contributed by atoms with Gasteiger partial charge in [-0.15, -0.1) is 0 Å². The maximum absolute atomic E-state index is 9.85. The van der Waals surface area contributed by atoms with E-state index in [-0.39, 0.29) is 12.0 Å². The molecule has 0 aromatic heterocycles. The van der Waals surface area contributed by atoms with Crippen molar-refractivity contribution in [2.45, 2.75) is 37.2 Å². The molecule has 3 rings (SSSR count). The predicted molar refractivity (Wildman–Crippen MR) is 84.4 cm³/mol. The van der Waals surface area contributed by atoms with Gasteiger partial charge in [0.25, 0.3) is 0 Å². The van der Waals surface area contributed by atoms with Crippen LogP contribution in [0, 0.1) is 5.92 Å². The molecular weight excluding hydrogens is 262 g/mol. The topological polar surface area (TPSA) is 32.7 Å². The van der Waals surface area contributed by atoms with Gasteiger partial charge in [0.05, 0.1) is 12.7 Å². The van der Waals surface area contributed by atoms with Crippen molar-refractivity contribution in [3.8, 4) is 0 Å². The second-order valence-electron chi connectivity index (χ2n) is 6.79. The Morgan fingerprint density at radius 1 is 1.24 bits per heavy atom. The summed E-state index contributed by atoms with van der Waals surface area (Å²) in [6, 6.07) is 10.4. The average Bonchev–Trinajstić information content (AvgIpc) is 3.02. The van der Waals surface area contributed by atoms with E-state index in [2.05, 4.69) is 29.2 Å². The van der Waals surface area contributed by atoms with Crippen LogP contribution in [0.5, 0.6) is 0 Å². The quantitative estimate of drug-likeness (QED) is 0.873. The zero-order valence-electron chi connectivity index (χ0n) is 13.0. The molecule has 1 saturated heterocycles. The van der Waals surface area contributed by atoms with Crippen LogP contribution in [-0.2, 0) is 10.2 Å². The van der Waals surface area contributed by atoms with Crippen LogP contribution in [0.4, 0.5) is 0 Å². The Bertz CT molecular complexity index is 436. The molecule has 1 N–H and O–H groups in total. The van der Waals surface area contributed by atoms with Crippen molar-refractivity contribution in [2.75, 3.05) is 33.4 Å². The number of aliphatic hydroxyl groups excluding tert-OH is 1. The Hall–Kier alpha value is -0.900. The minimum absolute atomic E-state index is 0.0603. The third-order valence-corrected chi connectivity index (χ3v) is 5.41. The van der Waals surface area contributed by atoms with E-state index in [0.29, 0.717) is 6.10 Å². The molecule has 1 saturated carbocycles. The molecule has 3 heteroatoms. The second kappa shape index (κ2) is 6.47. The van der Waals surface area contributed by atoms with Crippen LogP contribution in [0.15, 0.2) is 30.3 Å². The molecule has 2 fully saturated rings. The van der Waals surface area contributed by atoms with Gasteiger partial charge in [0, 0.05) is 32.2 Å². The number of benzene rings is 1. The molecule has 1 atom stereocenters. The molecule has 0 spiro atoms. The monoisotopic (exact) mass is 289 g/mol. The first kappa shape index (κ1) is 15.0. The van der Waals surface area contributed by atoms with E-state index in [9.17, 15) is 5.11 Å². The van der Waals surface area contributed by atoms with Gasteiger partial charge in [0.15, 0.2) is 0 Å². The van der Waals surface area contributed by atoms with Crippen molar-refractivity contribution in [3.63, 3.8) is 0 Å². The number of hydrogen-bond acceptors (Lipinski definition) is 3. The molecule has 2 aliphatic rings. The normalized spacial score (nSPS) is 23.9. The minimum Gasteiger partial charge on any atom is -0.395 e. The summed E-state index contributed by atoms with van der Waals surface area (Å²) in [5.41, 5.74) is 1.20. The number of rotatable bonds is 6. The Labute approximate surface area is 127 Å². The largest absolute Gasteiger partial charge is 0.395 e. The molecule has 21 heavy (non-hydrogen) atoms. The molecule has 1 aliphatic heterocycles. The number of nitrogens with zero attached hydrogens (tertiary/aromatic N) is 1. The van der Waals surface area contributed by atoms with Gasteiger partial charge in [-0.25, -0.2) is 0 Å². The summed E-state index contributed by atoms with van der Waals surface area (Å²) in [6.07, 6.45) is 5.70. The fourth-order valence-electron chi connectivity index (χ4n) is 4.10. The molecule has 1 heterocycles. The number of likely N-dealkylation sites (tertiary alicyclic amines) is 1. The van der Waals surface area contributed by atoms with Crippen LogP contribution < -0.4 is 0 Å². The lowest BCUT2D eigenvalue weighted by molar-refractivity contribution is -0.0372. The molecule has 1 unspecified atom stereocenters. The van der Waals surface area contributed by atoms with Crippen LogP contribution in [0.2, 0.25) is 0 Å². The summed E-state index contributed by atoms with van der Waals surface area (Å²) < 4.78 is 5.74. The highest BCUT2D eigenvalue weighted by atomic mass is 16.5. The molecule has 3 nitrogen and oxygen atoms in total. The first-order valence-corrected chi connectivity index (χ1v) is 8.19. The lowest BCUT2D eigenvalue weighted by Crippen LogP contribution is -2.63. The third-order valence-electron chi connectivity index (χ3n) is 5.41. The molecule has 1 aliphatic carbocycles. The SMILES string of the molecule is COC(CN1CC(CO)(c2ccccc2)C1)C1CCCC1. The van der Waals surface area contributed by atoms with Crippen molar-refractivity contribution in [1.82, 2.24) is 4.90 Å².